The smallest absolute Gasteiger partial charge is 0.348 e. The maximum Gasteiger partial charge on any atom is 0.348 e. The minimum absolute atomic E-state index is 0.226. The molecule has 104 valence electrons. The average molecular weight is 288 g/mol. The van der Waals surface area contributed by atoms with E-state index in [4.69, 9.17) is 9.47 Å². The number of fused-ring (bicyclic) bond motifs is 3. The van der Waals surface area contributed by atoms with Crippen LogP contribution in [0.5, 0.6) is 5.75 Å². The molecule has 1 aromatic heterocycles. The predicted molar refractivity (Wildman–Crippen MR) is 79.7 cm³/mol. The Bertz CT molecular complexity index is 658. The Morgan fingerprint density at radius 2 is 2.05 bits per heavy atom. The van der Waals surface area contributed by atoms with Gasteiger partial charge in [0, 0.05) is 4.88 Å². The summed E-state index contributed by atoms with van der Waals surface area (Å²) >= 11 is 1.52. The topological polar surface area (TPSA) is 35.5 Å². The number of carbonyl (C=O) groups is 1. The summed E-state index contributed by atoms with van der Waals surface area (Å²) < 4.78 is 10.4. The van der Waals surface area contributed by atoms with Crippen LogP contribution in [0.15, 0.2) is 24.3 Å². The predicted octanol–water partition coefficient (Wildman–Crippen LogP) is 3.70. The van der Waals surface area contributed by atoms with Crippen LogP contribution < -0.4 is 4.74 Å². The molecule has 0 N–H and O–H groups in total. The third-order valence-corrected chi connectivity index (χ3v) is 4.70. The van der Waals surface area contributed by atoms with Crippen LogP contribution in [-0.2, 0) is 17.6 Å². The molecule has 0 bridgehead atoms. The second-order valence-corrected chi connectivity index (χ2v) is 5.76. The molecule has 1 aromatic carbocycles. The van der Waals surface area contributed by atoms with Gasteiger partial charge in [0.1, 0.15) is 10.6 Å². The van der Waals surface area contributed by atoms with E-state index in [1.165, 1.54) is 32.9 Å². The van der Waals surface area contributed by atoms with Gasteiger partial charge in [-0.15, -0.1) is 11.3 Å². The summed E-state index contributed by atoms with van der Waals surface area (Å²) in [5.41, 5.74) is 3.74. The maximum absolute atomic E-state index is 11.9. The lowest BCUT2D eigenvalue weighted by Crippen LogP contribution is -2.02. The molecule has 0 aliphatic heterocycles. The van der Waals surface area contributed by atoms with Gasteiger partial charge >= 0.3 is 5.97 Å². The zero-order chi connectivity index (χ0) is 14.1. The minimum Gasteiger partial charge on any atom is -0.497 e. The lowest BCUT2D eigenvalue weighted by molar-refractivity contribution is 0.0532. The molecule has 0 spiro atoms. The van der Waals surface area contributed by atoms with E-state index in [-0.39, 0.29) is 5.97 Å². The molecule has 0 fully saturated rings. The van der Waals surface area contributed by atoms with Crippen molar-refractivity contribution in [1.29, 1.82) is 0 Å². The van der Waals surface area contributed by atoms with E-state index in [9.17, 15) is 4.79 Å². The van der Waals surface area contributed by atoms with Gasteiger partial charge in [-0.25, -0.2) is 4.79 Å². The van der Waals surface area contributed by atoms with Crippen LogP contribution >= 0.6 is 11.3 Å². The van der Waals surface area contributed by atoms with Crippen LogP contribution in [0.1, 0.15) is 27.7 Å². The van der Waals surface area contributed by atoms with E-state index in [0.717, 1.165) is 18.6 Å². The standard InChI is InChI=1S/C16H16O3S/c1-3-19-16(17)14-8-11-5-4-10-6-7-12(18-2)9-13(10)15(11)20-14/h6-9H,3-5H2,1-2H3. The number of aryl methyl sites for hydroxylation is 2. The van der Waals surface area contributed by atoms with Crippen LogP contribution in [0.4, 0.5) is 0 Å². The Balaban J connectivity index is 2.04. The first-order valence-electron chi connectivity index (χ1n) is 6.70. The van der Waals surface area contributed by atoms with Gasteiger partial charge in [0.25, 0.3) is 0 Å². The lowest BCUT2D eigenvalue weighted by atomic mass is 9.91. The van der Waals surface area contributed by atoms with E-state index in [1.807, 2.05) is 19.1 Å². The molecule has 0 unspecified atom stereocenters. The molecule has 1 aliphatic rings. The molecule has 0 amide bonds. The number of hydrogen-bond donors (Lipinski definition) is 0. The number of benzene rings is 1. The van der Waals surface area contributed by atoms with Crippen molar-refractivity contribution in [3.8, 4) is 16.2 Å². The second kappa shape index (κ2) is 5.29. The summed E-state index contributed by atoms with van der Waals surface area (Å²) in [5.74, 6) is 0.624. The molecule has 0 saturated heterocycles. The highest BCUT2D eigenvalue weighted by atomic mass is 32.1. The summed E-state index contributed by atoms with van der Waals surface area (Å²) in [6.45, 7) is 2.23. The van der Waals surface area contributed by atoms with Crippen molar-refractivity contribution < 1.29 is 14.3 Å². The summed E-state index contributed by atoms with van der Waals surface area (Å²) in [7, 11) is 1.67. The summed E-state index contributed by atoms with van der Waals surface area (Å²) in [6, 6.07) is 8.13. The van der Waals surface area contributed by atoms with Crippen molar-refractivity contribution in [2.75, 3.05) is 13.7 Å². The minimum atomic E-state index is -0.226. The van der Waals surface area contributed by atoms with E-state index < -0.39 is 0 Å². The van der Waals surface area contributed by atoms with Crippen molar-refractivity contribution in [3.63, 3.8) is 0 Å². The maximum atomic E-state index is 11.9. The van der Waals surface area contributed by atoms with Crippen LogP contribution in [0, 0.1) is 0 Å². The number of thiophene rings is 1. The number of esters is 1. The highest BCUT2D eigenvalue weighted by Crippen LogP contribution is 2.41. The van der Waals surface area contributed by atoms with E-state index >= 15 is 0 Å². The molecule has 4 heteroatoms. The quantitative estimate of drug-likeness (QED) is 0.808. The number of hydrogen-bond acceptors (Lipinski definition) is 4. The van der Waals surface area contributed by atoms with Crippen LogP contribution in [0.25, 0.3) is 10.4 Å². The number of ether oxygens (including phenoxy) is 2. The SMILES string of the molecule is CCOC(=O)c1cc2c(s1)-c1cc(OC)ccc1CC2. The van der Waals surface area contributed by atoms with E-state index in [2.05, 4.69) is 12.1 Å². The fourth-order valence-electron chi connectivity index (χ4n) is 2.53. The molecule has 0 atom stereocenters. The molecule has 0 radical (unpaired) electrons. The first kappa shape index (κ1) is 13.2. The van der Waals surface area contributed by atoms with Crippen molar-refractivity contribution in [3.05, 3.63) is 40.3 Å². The van der Waals surface area contributed by atoms with Gasteiger partial charge in [-0.2, -0.15) is 0 Å². The van der Waals surface area contributed by atoms with Gasteiger partial charge in [-0.3, -0.25) is 0 Å². The van der Waals surface area contributed by atoms with E-state index in [0.29, 0.717) is 11.5 Å². The molecule has 20 heavy (non-hydrogen) atoms. The van der Waals surface area contributed by atoms with Crippen molar-refractivity contribution in [2.24, 2.45) is 0 Å². The van der Waals surface area contributed by atoms with Crippen molar-refractivity contribution in [2.45, 2.75) is 19.8 Å². The Hall–Kier alpha value is -1.81. The third kappa shape index (κ3) is 2.20. The van der Waals surface area contributed by atoms with Crippen LogP contribution in [0.2, 0.25) is 0 Å². The largest absolute Gasteiger partial charge is 0.497 e. The number of rotatable bonds is 3. The first-order valence-corrected chi connectivity index (χ1v) is 7.51. The molecule has 3 rings (SSSR count). The summed E-state index contributed by atoms with van der Waals surface area (Å²) in [5, 5.41) is 0. The first-order chi connectivity index (χ1) is 9.72. The lowest BCUT2D eigenvalue weighted by Gasteiger charge is -2.16. The molecule has 1 aliphatic carbocycles. The molecular weight excluding hydrogens is 272 g/mol. The summed E-state index contributed by atoms with van der Waals surface area (Å²) in [6.07, 6.45) is 1.98. The Morgan fingerprint density at radius 1 is 1.25 bits per heavy atom. The monoisotopic (exact) mass is 288 g/mol. The molecule has 2 aromatic rings. The highest BCUT2D eigenvalue weighted by molar-refractivity contribution is 7.17. The zero-order valence-corrected chi connectivity index (χ0v) is 12.4. The number of methoxy groups -OCH3 is 1. The molecule has 1 heterocycles. The van der Waals surface area contributed by atoms with Gasteiger partial charge in [0.05, 0.1) is 13.7 Å². The van der Waals surface area contributed by atoms with E-state index in [1.54, 1.807) is 7.11 Å². The Morgan fingerprint density at radius 3 is 2.80 bits per heavy atom. The van der Waals surface area contributed by atoms with Crippen LogP contribution in [-0.4, -0.2) is 19.7 Å². The number of carbonyl (C=O) groups excluding carboxylic acids is 1. The Labute approximate surface area is 122 Å². The van der Waals surface area contributed by atoms with Crippen LogP contribution in [0.3, 0.4) is 0 Å². The summed E-state index contributed by atoms with van der Waals surface area (Å²) in [4.78, 5) is 13.7. The molecule has 0 saturated carbocycles. The van der Waals surface area contributed by atoms with Gasteiger partial charge in [0.15, 0.2) is 0 Å². The second-order valence-electron chi connectivity index (χ2n) is 4.71. The van der Waals surface area contributed by atoms with Gasteiger partial charge in [0.2, 0.25) is 0 Å². The fourth-order valence-corrected chi connectivity index (χ4v) is 3.68. The fraction of sp³-hybridized carbons (Fsp3) is 0.312. The highest BCUT2D eigenvalue weighted by Gasteiger charge is 2.22. The normalized spacial score (nSPS) is 12.5. The zero-order valence-electron chi connectivity index (χ0n) is 11.6. The average Bonchev–Trinajstić information content (AvgIpc) is 2.91. The Kier molecular flexibility index (Phi) is 3.49. The third-order valence-electron chi connectivity index (χ3n) is 3.51. The van der Waals surface area contributed by atoms with Crippen molar-refractivity contribution in [1.82, 2.24) is 0 Å². The van der Waals surface area contributed by atoms with Gasteiger partial charge in [-0.1, -0.05) is 6.07 Å². The molecular formula is C16H16O3S. The van der Waals surface area contributed by atoms with Gasteiger partial charge < -0.3 is 9.47 Å². The van der Waals surface area contributed by atoms with Crippen molar-refractivity contribution >= 4 is 17.3 Å². The van der Waals surface area contributed by atoms with Gasteiger partial charge in [-0.05, 0) is 54.7 Å². The molecule has 3 nitrogen and oxygen atoms in total.